The zero-order valence-electron chi connectivity index (χ0n) is 17.9. The molecule has 0 bridgehead atoms. The van der Waals surface area contributed by atoms with Crippen LogP contribution in [0.25, 0.3) is 0 Å². The van der Waals surface area contributed by atoms with Gasteiger partial charge in [0.15, 0.2) is 5.54 Å². The Morgan fingerprint density at radius 3 is 2.41 bits per heavy atom. The molecule has 2 aromatic carbocycles. The van der Waals surface area contributed by atoms with Crippen LogP contribution in [0.2, 0.25) is 5.02 Å². The van der Waals surface area contributed by atoms with Crippen LogP contribution in [0, 0.1) is 18.8 Å². The predicted octanol–water partition coefficient (Wildman–Crippen LogP) is 3.32. The van der Waals surface area contributed by atoms with Crippen LogP contribution in [0.15, 0.2) is 42.5 Å². The second-order valence-electron chi connectivity index (χ2n) is 8.54. The van der Waals surface area contributed by atoms with Gasteiger partial charge < -0.3 is 10.2 Å². The van der Waals surface area contributed by atoms with E-state index in [2.05, 4.69) is 5.32 Å². The lowest BCUT2D eigenvalue weighted by atomic mass is 9.76. The van der Waals surface area contributed by atoms with E-state index < -0.39 is 59.0 Å². The van der Waals surface area contributed by atoms with Crippen molar-refractivity contribution in [2.45, 2.75) is 37.7 Å². The molecule has 2 fully saturated rings. The molecule has 34 heavy (non-hydrogen) atoms. The fourth-order valence-corrected chi connectivity index (χ4v) is 5.05. The van der Waals surface area contributed by atoms with Crippen molar-refractivity contribution in [1.82, 2.24) is 5.32 Å². The van der Waals surface area contributed by atoms with Gasteiger partial charge in [-0.2, -0.15) is 13.2 Å². The van der Waals surface area contributed by atoms with E-state index in [1.54, 1.807) is 13.0 Å². The maximum absolute atomic E-state index is 13.5. The van der Waals surface area contributed by atoms with E-state index in [0.717, 1.165) is 30.0 Å². The van der Waals surface area contributed by atoms with Crippen molar-refractivity contribution in [2.75, 3.05) is 4.90 Å². The zero-order valence-corrected chi connectivity index (χ0v) is 18.7. The number of aliphatic hydroxyl groups is 1. The van der Waals surface area contributed by atoms with Crippen molar-refractivity contribution in [3.63, 3.8) is 0 Å². The van der Waals surface area contributed by atoms with E-state index in [0.29, 0.717) is 5.56 Å². The van der Waals surface area contributed by atoms with Crippen molar-refractivity contribution in [3.05, 3.63) is 64.2 Å². The molecule has 2 heterocycles. The summed E-state index contributed by atoms with van der Waals surface area (Å²) in [6.45, 7) is 2.86. The molecule has 7 nitrogen and oxygen atoms in total. The molecular weight excluding hydrogens is 477 g/mol. The van der Waals surface area contributed by atoms with Crippen LogP contribution in [-0.2, 0) is 20.6 Å². The van der Waals surface area contributed by atoms with Gasteiger partial charge in [0.1, 0.15) is 0 Å². The predicted molar refractivity (Wildman–Crippen MR) is 115 cm³/mol. The normalized spacial score (nSPS) is 27.7. The van der Waals surface area contributed by atoms with E-state index >= 15 is 0 Å². The summed E-state index contributed by atoms with van der Waals surface area (Å²) >= 11 is 6.15. The number of aryl methyl sites for hydroxylation is 1. The summed E-state index contributed by atoms with van der Waals surface area (Å²) < 4.78 is 40.0. The number of aliphatic hydroxyl groups excluding tert-OH is 1. The Bertz CT molecular complexity index is 1200. The zero-order chi connectivity index (χ0) is 25.2. The molecule has 2 amide bonds. The number of carbonyl (C=O) groups excluding carboxylic acids is 2. The first-order valence-electron chi connectivity index (χ1n) is 10.3. The van der Waals surface area contributed by atoms with Crippen molar-refractivity contribution >= 4 is 35.1 Å². The van der Waals surface area contributed by atoms with Crippen molar-refractivity contribution in [2.24, 2.45) is 11.8 Å². The summed E-state index contributed by atoms with van der Waals surface area (Å²) in [5, 5.41) is 23.5. The molecule has 0 spiro atoms. The van der Waals surface area contributed by atoms with Gasteiger partial charge in [-0.15, -0.1) is 0 Å². The number of imide groups is 1. The van der Waals surface area contributed by atoms with Gasteiger partial charge in [0.25, 0.3) is 0 Å². The Morgan fingerprint density at radius 1 is 1.18 bits per heavy atom. The third-order valence-corrected chi connectivity index (χ3v) is 7.00. The minimum atomic E-state index is -4.68. The minimum absolute atomic E-state index is 0.0291. The van der Waals surface area contributed by atoms with Crippen molar-refractivity contribution in [3.8, 4) is 0 Å². The molecule has 2 aromatic rings. The SMILES string of the molecule is Cc1ccc(N2C(=O)C3C(c4cccc(C(F)(F)F)c4)NC(C(=O)O)(C(C)O)C3C2=O)cc1Cl. The van der Waals surface area contributed by atoms with E-state index in [9.17, 15) is 37.8 Å². The number of anilines is 1. The fraction of sp³-hybridized carbons (Fsp3) is 0.348. The lowest BCUT2D eigenvalue weighted by Crippen LogP contribution is -2.62. The number of hydrogen-bond donors (Lipinski definition) is 3. The monoisotopic (exact) mass is 496 g/mol. The molecule has 4 rings (SSSR count). The molecule has 180 valence electrons. The molecule has 0 aliphatic carbocycles. The summed E-state index contributed by atoms with van der Waals surface area (Å²) in [7, 11) is 0. The second-order valence-corrected chi connectivity index (χ2v) is 8.95. The lowest BCUT2D eigenvalue weighted by molar-refractivity contribution is -0.154. The van der Waals surface area contributed by atoms with Gasteiger partial charge in [-0.3, -0.25) is 19.7 Å². The number of hydrogen-bond acceptors (Lipinski definition) is 5. The standard InChI is InChI=1S/C23H20ClF3N2O5/c1-10-6-7-14(9-15(10)24)29-19(31)16-17(20(29)32)22(11(2)30,21(33)34)28-18(16)12-4-3-5-13(8-12)23(25,26)27/h3-9,11,16-18,28,30H,1-2H3,(H,33,34). The Labute approximate surface area is 197 Å². The highest BCUT2D eigenvalue weighted by Crippen LogP contribution is 2.51. The van der Waals surface area contributed by atoms with E-state index in [4.69, 9.17) is 11.6 Å². The Balaban J connectivity index is 1.89. The first-order chi connectivity index (χ1) is 15.8. The number of nitrogens with one attached hydrogen (secondary N) is 1. The molecule has 0 radical (unpaired) electrons. The van der Waals surface area contributed by atoms with Crippen LogP contribution < -0.4 is 10.2 Å². The number of carboxylic acid groups (broad SMARTS) is 1. The number of aliphatic carboxylic acids is 1. The van der Waals surface area contributed by atoms with Gasteiger partial charge in [-0.05, 0) is 49.2 Å². The molecule has 5 unspecified atom stereocenters. The molecule has 3 N–H and O–H groups in total. The van der Waals surface area contributed by atoms with E-state index in [1.807, 2.05) is 0 Å². The number of carboxylic acids is 1. The molecule has 2 saturated heterocycles. The number of alkyl halides is 3. The highest BCUT2D eigenvalue weighted by Gasteiger charge is 2.70. The summed E-state index contributed by atoms with van der Waals surface area (Å²) in [5.41, 5.74) is -2.55. The highest BCUT2D eigenvalue weighted by molar-refractivity contribution is 6.32. The van der Waals surface area contributed by atoms with Gasteiger partial charge in [0.2, 0.25) is 11.8 Å². The quantitative estimate of drug-likeness (QED) is 0.561. The first-order valence-corrected chi connectivity index (χ1v) is 10.7. The summed E-state index contributed by atoms with van der Waals surface area (Å²) in [6, 6.07) is 7.24. The maximum Gasteiger partial charge on any atom is 0.416 e. The van der Waals surface area contributed by atoms with E-state index in [1.165, 1.54) is 18.2 Å². The smallest absolute Gasteiger partial charge is 0.416 e. The van der Waals surface area contributed by atoms with E-state index in [-0.39, 0.29) is 16.3 Å². The topological polar surface area (TPSA) is 107 Å². The van der Waals surface area contributed by atoms with Crippen molar-refractivity contribution in [1.29, 1.82) is 0 Å². The van der Waals surface area contributed by atoms with Crippen LogP contribution in [-0.4, -0.2) is 39.6 Å². The third kappa shape index (κ3) is 3.48. The van der Waals surface area contributed by atoms with Crippen LogP contribution in [0.1, 0.15) is 29.7 Å². The number of nitrogens with zero attached hydrogens (tertiary/aromatic N) is 1. The molecule has 2 aliphatic rings. The number of carbonyl (C=O) groups is 3. The summed E-state index contributed by atoms with van der Waals surface area (Å²) in [5.74, 6) is -6.23. The number of fused-ring (bicyclic) bond motifs is 1. The van der Waals surface area contributed by atoms with Crippen molar-refractivity contribution < 1.29 is 37.8 Å². The van der Waals surface area contributed by atoms with Gasteiger partial charge >= 0.3 is 12.1 Å². The molecule has 2 aliphatic heterocycles. The number of benzene rings is 2. The molecular formula is C23H20ClF3N2O5. The average molecular weight is 497 g/mol. The first kappa shape index (κ1) is 24.2. The Morgan fingerprint density at radius 2 is 1.85 bits per heavy atom. The van der Waals surface area contributed by atoms with Gasteiger partial charge in [0.05, 0.1) is 29.2 Å². The Kier molecular flexibility index (Phi) is 5.74. The Hall–Kier alpha value is -2.95. The van der Waals surface area contributed by atoms with Crippen LogP contribution >= 0.6 is 11.6 Å². The number of rotatable bonds is 4. The highest BCUT2D eigenvalue weighted by atomic mass is 35.5. The van der Waals surface area contributed by atoms with Gasteiger partial charge in [0, 0.05) is 11.1 Å². The molecule has 0 saturated carbocycles. The summed E-state index contributed by atoms with van der Waals surface area (Å²) in [4.78, 5) is 40.2. The second kappa shape index (κ2) is 8.07. The van der Waals surface area contributed by atoms with Crippen LogP contribution in [0.4, 0.5) is 18.9 Å². The average Bonchev–Trinajstić information content (AvgIpc) is 3.25. The number of amides is 2. The minimum Gasteiger partial charge on any atom is -0.480 e. The molecule has 5 atom stereocenters. The third-order valence-electron chi connectivity index (χ3n) is 6.59. The molecule has 0 aromatic heterocycles. The van der Waals surface area contributed by atoms with Gasteiger partial charge in [-0.1, -0.05) is 29.8 Å². The van der Waals surface area contributed by atoms with Crippen LogP contribution in [0.3, 0.4) is 0 Å². The maximum atomic E-state index is 13.5. The molecule has 11 heteroatoms. The lowest BCUT2D eigenvalue weighted by Gasteiger charge is -2.33. The summed E-state index contributed by atoms with van der Waals surface area (Å²) in [6.07, 6.45) is -6.34. The van der Waals surface area contributed by atoms with Crippen LogP contribution in [0.5, 0.6) is 0 Å². The largest absolute Gasteiger partial charge is 0.480 e. The number of halogens is 4. The van der Waals surface area contributed by atoms with Gasteiger partial charge in [-0.25, -0.2) is 4.90 Å². The fourth-order valence-electron chi connectivity index (χ4n) is 4.87.